The molecule has 0 fully saturated rings. The Morgan fingerprint density at radius 3 is 2.00 bits per heavy atom. The third-order valence-corrected chi connectivity index (χ3v) is 1.80. The van der Waals surface area contributed by atoms with Crippen LogP contribution in [0.1, 0.15) is 39.5 Å². The van der Waals surface area contributed by atoms with Gasteiger partial charge in [0.05, 0.1) is 0 Å². The van der Waals surface area contributed by atoms with Crippen LogP contribution in [0.2, 0.25) is 0 Å². The van der Waals surface area contributed by atoms with Crippen LogP contribution in [-0.2, 0) is 0 Å². The molecule has 0 unspecified atom stereocenters. The Morgan fingerprint density at radius 1 is 1.27 bits per heavy atom. The van der Waals surface area contributed by atoms with E-state index in [0.717, 1.165) is 25.7 Å². The normalized spacial score (nSPS) is 10.5. The molecule has 0 amide bonds. The van der Waals surface area contributed by atoms with Gasteiger partial charge in [-0.05, 0) is 12.8 Å². The predicted molar refractivity (Wildman–Crippen MR) is 45.2 cm³/mol. The molecule has 0 spiro atoms. The SMILES string of the molecule is CCCC(CCC)C[N+](=O)[O-]. The standard InChI is InChI=1S/C8H17NO2/c1-3-5-8(6-4-2)7-9(10)11/h8H,3-7H2,1-2H3. The van der Waals surface area contributed by atoms with Gasteiger partial charge in [-0.25, -0.2) is 0 Å². The Kier molecular flexibility index (Phi) is 5.80. The van der Waals surface area contributed by atoms with Crippen molar-refractivity contribution in [3.8, 4) is 0 Å². The van der Waals surface area contributed by atoms with Gasteiger partial charge in [0.1, 0.15) is 0 Å². The van der Waals surface area contributed by atoms with E-state index < -0.39 is 0 Å². The van der Waals surface area contributed by atoms with E-state index in [1.54, 1.807) is 0 Å². The van der Waals surface area contributed by atoms with Crippen molar-refractivity contribution in [2.24, 2.45) is 5.92 Å². The molecule has 0 bridgehead atoms. The molecular formula is C8H17NO2. The number of hydrogen-bond donors (Lipinski definition) is 0. The molecule has 3 nitrogen and oxygen atoms in total. The molecule has 0 aromatic heterocycles. The lowest BCUT2D eigenvalue weighted by molar-refractivity contribution is -0.488. The number of hydrogen-bond acceptors (Lipinski definition) is 2. The fourth-order valence-corrected chi connectivity index (χ4v) is 1.35. The molecule has 0 saturated heterocycles. The summed E-state index contributed by atoms with van der Waals surface area (Å²) in [6.07, 6.45) is 4.10. The maximum absolute atomic E-state index is 10.2. The highest BCUT2D eigenvalue weighted by molar-refractivity contribution is 4.55. The molecule has 3 heteroatoms. The van der Waals surface area contributed by atoms with Crippen LogP contribution in [0.3, 0.4) is 0 Å². The maximum Gasteiger partial charge on any atom is 0.206 e. The molecule has 0 saturated carbocycles. The van der Waals surface area contributed by atoms with Crippen molar-refractivity contribution in [1.82, 2.24) is 0 Å². The van der Waals surface area contributed by atoms with Gasteiger partial charge in [0.15, 0.2) is 0 Å². The van der Waals surface area contributed by atoms with Gasteiger partial charge in [0.2, 0.25) is 6.54 Å². The average molecular weight is 159 g/mol. The van der Waals surface area contributed by atoms with E-state index in [-0.39, 0.29) is 11.5 Å². The first kappa shape index (κ1) is 10.4. The number of nitrogens with zero attached hydrogens (tertiary/aromatic N) is 1. The van der Waals surface area contributed by atoms with E-state index in [0.29, 0.717) is 5.92 Å². The molecule has 0 aromatic rings. The Bertz CT molecular complexity index is 109. The lowest BCUT2D eigenvalue weighted by Crippen LogP contribution is -2.13. The zero-order valence-corrected chi connectivity index (χ0v) is 7.38. The van der Waals surface area contributed by atoms with Gasteiger partial charge in [0.25, 0.3) is 0 Å². The van der Waals surface area contributed by atoms with Crippen molar-refractivity contribution < 1.29 is 4.92 Å². The van der Waals surface area contributed by atoms with Crippen LogP contribution in [0.5, 0.6) is 0 Å². The monoisotopic (exact) mass is 159 g/mol. The molecular weight excluding hydrogens is 142 g/mol. The van der Waals surface area contributed by atoms with Gasteiger partial charge in [-0.2, -0.15) is 0 Å². The van der Waals surface area contributed by atoms with Crippen LogP contribution in [0.4, 0.5) is 0 Å². The third kappa shape index (κ3) is 5.83. The van der Waals surface area contributed by atoms with Crippen LogP contribution in [0.15, 0.2) is 0 Å². The summed E-state index contributed by atoms with van der Waals surface area (Å²) >= 11 is 0. The Labute approximate surface area is 67.9 Å². The minimum Gasteiger partial charge on any atom is -0.265 e. The summed E-state index contributed by atoms with van der Waals surface area (Å²) in [5, 5.41) is 10.2. The first-order valence-corrected chi connectivity index (χ1v) is 4.32. The lowest BCUT2D eigenvalue weighted by Gasteiger charge is -2.08. The fraction of sp³-hybridized carbons (Fsp3) is 1.00. The zero-order chi connectivity index (χ0) is 8.69. The fourth-order valence-electron chi connectivity index (χ4n) is 1.35. The average Bonchev–Trinajstić information content (AvgIpc) is 1.87. The second-order valence-corrected chi connectivity index (χ2v) is 2.96. The topological polar surface area (TPSA) is 43.1 Å². The van der Waals surface area contributed by atoms with Crippen molar-refractivity contribution in [1.29, 1.82) is 0 Å². The second kappa shape index (κ2) is 6.13. The quantitative estimate of drug-likeness (QED) is 0.441. The minimum absolute atomic E-state index is 0.154. The molecule has 11 heavy (non-hydrogen) atoms. The smallest absolute Gasteiger partial charge is 0.206 e. The Morgan fingerprint density at radius 2 is 1.73 bits per heavy atom. The number of nitro groups is 1. The van der Waals surface area contributed by atoms with E-state index in [9.17, 15) is 10.1 Å². The molecule has 0 aliphatic carbocycles. The summed E-state index contributed by atoms with van der Waals surface area (Å²) in [6, 6.07) is 0. The second-order valence-electron chi connectivity index (χ2n) is 2.96. The summed E-state index contributed by atoms with van der Waals surface area (Å²) in [5.74, 6) is 0.306. The third-order valence-electron chi connectivity index (χ3n) is 1.80. The molecule has 0 aromatic carbocycles. The van der Waals surface area contributed by atoms with Crippen LogP contribution >= 0.6 is 0 Å². The highest BCUT2D eigenvalue weighted by Crippen LogP contribution is 2.12. The predicted octanol–water partition coefficient (Wildman–Crippen LogP) is 2.48. The molecule has 0 atom stereocenters. The Balaban J connectivity index is 3.59. The van der Waals surface area contributed by atoms with E-state index >= 15 is 0 Å². The van der Waals surface area contributed by atoms with E-state index in [1.165, 1.54) is 0 Å². The summed E-state index contributed by atoms with van der Waals surface area (Å²) in [6.45, 7) is 4.30. The molecule has 0 heterocycles. The van der Waals surface area contributed by atoms with E-state index in [4.69, 9.17) is 0 Å². The van der Waals surface area contributed by atoms with Crippen molar-refractivity contribution in [2.75, 3.05) is 6.54 Å². The van der Waals surface area contributed by atoms with Crippen LogP contribution in [0, 0.1) is 16.0 Å². The highest BCUT2D eigenvalue weighted by Gasteiger charge is 2.12. The molecule has 0 radical (unpaired) electrons. The van der Waals surface area contributed by atoms with Gasteiger partial charge in [-0.1, -0.05) is 26.7 Å². The van der Waals surface area contributed by atoms with Crippen molar-refractivity contribution in [3.63, 3.8) is 0 Å². The molecule has 0 aliphatic heterocycles. The summed E-state index contributed by atoms with van der Waals surface area (Å²) < 4.78 is 0. The highest BCUT2D eigenvalue weighted by atomic mass is 16.6. The van der Waals surface area contributed by atoms with Crippen LogP contribution in [-0.4, -0.2) is 11.5 Å². The first-order chi connectivity index (χ1) is 5.20. The maximum atomic E-state index is 10.2. The Hall–Kier alpha value is -0.600. The van der Waals surface area contributed by atoms with Gasteiger partial charge < -0.3 is 0 Å². The van der Waals surface area contributed by atoms with Crippen molar-refractivity contribution >= 4 is 0 Å². The molecule has 0 N–H and O–H groups in total. The largest absolute Gasteiger partial charge is 0.265 e. The van der Waals surface area contributed by atoms with E-state index in [2.05, 4.69) is 13.8 Å². The van der Waals surface area contributed by atoms with Gasteiger partial charge in [-0.3, -0.25) is 10.1 Å². The lowest BCUT2D eigenvalue weighted by atomic mass is 9.99. The first-order valence-electron chi connectivity index (χ1n) is 4.32. The van der Waals surface area contributed by atoms with E-state index in [1.807, 2.05) is 0 Å². The molecule has 0 aliphatic rings. The van der Waals surface area contributed by atoms with Crippen molar-refractivity contribution in [2.45, 2.75) is 39.5 Å². The van der Waals surface area contributed by atoms with Crippen LogP contribution in [0.25, 0.3) is 0 Å². The van der Waals surface area contributed by atoms with Gasteiger partial charge >= 0.3 is 0 Å². The van der Waals surface area contributed by atoms with Crippen LogP contribution < -0.4 is 0 Å². The van der Waals surface area contributed by atoms with Gasteiger partial charge in [0, 0.05) is 10.8 Å². The summed E-state index contributed by atoms with van der Waals surface area (Å²) in [4.78, 5) is 9.97. The zero-order valence-electron chi connectivity index (χ0n) is 7.38. The summed E-state index contributed by atoms with van der Waals surface area (Å²) in [5.41, 5.74) is 0. The van der Waals surface area contributed by atoms with Gasteiger partial charge in [-0.15, -0.1) is 0 Å². The van der Waals surface area contributed by atoms with Crippen molar-refractivity contribution in [3.05, 3.63) is 10.1 Å². The molecule has 66 valence electrons. The summed E-state index contributed by atoms with van der Waals surface area (Å²) in [7, 11) is 0. The minimum atomic E-state index is -0.198. The molecule has 0 rings (SSSR count). The number of rotatable bonds is 6.